The third-order valence-electron chi connectivity index (χ3n) is 1.18. The zero-order valence-corrected chi connectivity index (χ0v) is 6.19. The van der Waals surface area contributed by atoms with Crippen molar-refractivity contribution < 1.29 is 4.39 Å². The van der Waals surface area contributed by atoms with Gasteiger partial charge in [-0.2, -0.15) is 5.10 Å². The van der Waals surface area contributed by atoms with Crippen LogP contribution in [0.15, 0.2) is 0 Å². The first-order valence-corrected chi connectivity index (χ1v) is 3.11. The molecule has 3 nitrogen and oxygen atoms in total. The predicted molar refractivity (Wildman–Crippen MR) is 36.1 cm³/mol. The number of aryl methyl sites for hydroxylation is 1. The van der Waals surface area contributed by atoms with E-state index in [-0.39, 0.29) is 17.4 Å². The average molecular weight is 164 g/mol. The maximum Gasteiger partial charge on any atom is 0.184 e. The van der Waals surface area contributed by atoms with Gasteiger partial charge in [-0.25, -0.2) is 4.39 Å². The van der Waals surface area contributed by atoms with Gasteiger partial charge in [0.2, 0.25) is 0 Å². The summed E-state index contributed by atoms with van der Waals surface area (Å²) in [5, 5.41) is 3.71. The van der Waals surface area contributed by atoms with Crippen molar-refractivity contribution >= 4 is 11.6 Å². The summed E-state index contributed by atoms with van der Waals surface area (Å²) in [6.07, 6.45) is 0. The Balaban J connectivity index is 3.17. The SMILES string of the molecule is Cn1nc(CN)c(F)c1Cl. The maximum atomic E-state index is 12.7. The highest BCUT2D eigenvalue weighted by Crippen LogP contribution is 2.15. The molecule has 0 unspecified atom stereocenters. The number of hydrogen-bond acceptors (Lipinski definition) is 2. The molecule has 2 N–H and O–H groups in total. The smallest absolute Gasteiger partial charge is 0.184 e. The zero-order valence-electron chi connectivity index (χ0n) is 5.43. The minimum absolute atomic E-state index is 0.000417. The normalized spacial score (nSPS) is 10.4. The molecule has 1 rings (SSSR count). The Bertz CT molecular complexity index is 245. The van der Waals surface area contributed by atoms with Crippen LogP contribution >= 0.6 is 11.6 Å². The van der Waals surface area contributed by atoms with Gasteiger partial charge < -0.3 is 5.73 Å². The van der Waals surface area contributed by atoms with Gasteiger partial charge >= 0.3 is 0 Å². The van der Waals surface area contributed by atoms with E-state index in [4.69, 9.17) is 17.3 Å². The summed E-state index contributed by atoms with van der Waals surface area (Å²) in [4.78, 5) is 0. The predicted octanol–water partition coefficient (Wildman–Crippen LogP) is 0.671. The Morgan fingerprint density at radius 2 is 2.40 bits per heavy atom. The quantitative estimate of drug-likeness (QED) is 0.662. The molecular weight excluding hydrogens is 157 g/mol. The second-order valence-corrected chi connectivity index (χ2v) is 2.24. The molecular formula is C5H7ClFN3. The van der Waals surface area contributed by atoms with Crippen LogP contribution in [-0.2, 0) is 13.6 Å². The molecule has 0 saturated heterocycles. The molecule has 56 valence electrons. The fourth-order valence-electron chi connectivity index (χ4n) is 0.660. The number of aromatic nitrogens is 2. The monoisotopic (exact) mass is 163 g/mol. The Labute approximate surface area is 62.6 Å². The van der Waals surface area contributed by atoms with Crippen LogP contribution in [0, 0.1) is 5.82 Å². The van der Waals surface area contributed by atoms with Crippen molar-refractivity contribution in [2.45, 2.75) is 6.54 Å². The minimum Gasteiger partial charge on any atom is -0.325 e. The van der Waals surface area contributed by atoms with Gasteiger partial charge in [0.15, 0.2) is 11.0 Å². The summed E-state index contributed by atoms with van der Waals surface area (Å²) in [5.41, 5.74) is 5.36. The lowest BCUT2D eigenvalue weighted by Crippen LogP contribution is -1.99. The molecule has 0 fully saturated rings. The van der Waals surface area contributed by atoms with E-state index < -0.39 is 5.82 Å². The first kappa shape index (κ1) is 7.50. The molecule has 0 atom stereocenters. The molecule has 0 amide bonds. The van der Waals surface area contributed by atoms with Crippen LogP contribution in [0.4, 0.5) is 4.39 Å². The molecule has 0 aliphatic rings. The molecule has 1 heterocycles. The van der Waals surface area contributed by atoms with Crippen molar-refractivity contribution in [3.8, 4) is 0 Å². The zero-order chi connectivity index (χ0) is 7.72. The van der Waals surface area contributed by atoms with E-state index >= 15 is 0 Å². The molecule has 5 heteroatoms. The highest BCUT2D eigenvalue weighted by Gasteiger charge is 2.11. The van der Waals surface area contributed by atoms with Crippen molar-refractivity contribution in [2.75, 3.05) is 0 Å². The molecule has 0 spiro atoms. The fourth-order valence-corrected chi connectivity index (χ4v) is 0.807. The number of nitrogens with two attached hydrogens (primary N) is 1. The standard InChI is InChI=1S/C5H7ClFN3/c1-10-5(6)4(7)3(2-8)9-10/h2,8H2,1H3. The first-order valence-electron chi connectivity index (χ1n) is 2.73. The van der Waals surface area contributed by atoms with Gasteiger partial charge in [0.25, 0.3) is 0 Å². The van der Waals surface area contributed by atoms with Gasteiger partial charge in [-0.3, -0.25) is 4.68 Å². The van der Waals surface area contributed by atoms with Gasteiger partial charge in [0, 0.05) is 13.6 Å². The van der Waals surface area contributed by atoms with E-state index in [1.807, 2.05) is 0 Å². The molecule has 0 bridgehead atoms. The Morgan fingerprint density at radius 3 is 2.60 bits per heavy atom. The average Bonchev–Trinajstić information content (AvgIpc) is 2.17. The largest absolute Gasteiger partial charge is 0.325 e. The lowest BCUT2D eigenvalue weighted by atomic mass is 10.4. The summed E-state index contributed by atoms with van der Waals surface area (Å²) < 4.78 is 14.0. The second-order valence-electron chi connectivity index (χ2n) is 1.88. The highest BCUT2D eigenvalue weighted by atomic mass is 35.5. The van der Waals surface area contributed by atoms with Crippen LogP contribution in [0.2, 0.25) is 5.15 Å². The third kappa shape index (κ3) is 0.998. The first-order chi connectivity index (χ1) is 4.66. The molecule has 0 aliphatic heterocycles. The van der Waals surface area contributed by atoms with Gasteiger partial charge in [-0.1, -0.05) is 11.6 Å². The van der Waals surface area contributed by atoms with Crippen molar-refractivity contribution in [3.63, 3.8) is 0 Å². The summed E-state index contributed by atoms with van der Waals surface area (Å²) in [6, 6.07) is 0. The molecule has 1 aromatic heterocycles. The molecule has 0 aliphatic carbocycles. The van der Waals surface area contributed by atoms with E-state index in [9.17, 15) is 4.39 Å². The number of rotatable bonds is 1. The lowest BCUT2D eigenvalue weighted by Gasteiger charge is -1.85. The number of hydrogen-bond donors (Lipinski definition) is 1. The molecule has 0 saturated carbocycles. The van der Waals surface area contributed by atoms with E-state index in [0.717, 1.165) is 0 Å². The Morgan fingerprint density at radius 1 is 1.80 bits per heavy atom. The third-order valence-corrected chi connectivity index (χ3v) is 1.59. The van der Waals surface area contributed by atoms with Crippen molar-refractivity contribution in [1.29, 1.82) is 0 Å². The van der Waals surface area contributed by atoms with Gasteiger partial charge in [-0.05, 0) is 0 Å². The molecule has 0 aromatic carbocycles. The summed E-state index contributed by atoms with van der Waals surface area (Å²) in [7, 11) is 1.56. The molecule has 10 heavy (non-hydrogen) atoms. The maximum absolute atomic E-state index is 12.7. The van der Waals surface area contributed by atoms with Crippen LogP contribution in [0.3, 0.4) is 0 Å². The van der Waals surface area contributed by atoms with Crippen LogP contribution in [-0.4, -0.2) is 9.78 Å². The van der Waals surface area contributed by atoms with Gasteiger partial charge in [0.1, 0.15) is 5.69 Å². The minimum atomic E-state index is -0.522. The van der Waals surface area contributed by atoms with E-state index in [0.29, 0.717) is 0 Å². The summed E-state index contributed by atoms with van der Waals surface area (Å²) in [6.45, 7) is 0.0758. The van der Waals surface area contributed by atoms with Crippen molar-refractivity contribution in [2.24, 2.45) is 12.8 Å². The van der Waals surface area contributed by atoms with Crippen LogP contribution in [0.25, 0.3) is 0 Å². The topological polar surface area (TPSA) is 43.8 Å². The van der Waals surface area contributed by atoms with Gasteiger partial charge in [0.05, 0.1) is 0 Å². The summed E-state index contributed by atoms with van der Waals surface area (Å²) in [5.74, 6) is -0.522. The number of nitrogens with zero attached hydrogens (tertiary/aromatic N) is 2. The van der Waals surface area contributed by atoms with Crippen LogP contribution in [0.5, 0.6) is 0 Å². The number of halogens is 2. The lowest BCUT2D eigenvalue weighted by molar-refractivity contribution is 0.610. The van der Waals surface area contributed by atoms with Crippen LogP contribution in [0.1, 0.15) is 5.69 Å². The van der Waals surface area contributed by atoms with Gasteiger partial charge in [-0.15, -0.1) is 0 Å². The van der Waals surface area contributed by atoms with Crippen molar-refractivity contribution in [1.82, 2.24) is 9.78 Å². The van der Waals surface area contributed by atoms with E-state index in [2.05, 4.69) is 5.10 Å². The fraction of sp³-hybridized carbons (Fsp3) is 0.400. The molecule has 0 radical (unpaired) electrons. The van der Waals surface area contributed by atoms with Crippen LogP contribution < -0.4 is 5.73 Å². The second kappa shape index (κ2) is 2.56. The van der Waals surface area contributed by atoms with E-state index in [1.54, 1.807) is 7.05 Å². The Kier molecular flexibility index (Phi) is 1.92. The van der Waals surface area contributed by atoms with E-state index in [1.165, 1.54) is 4.68 Å². The Hall–Kier alpha value is -0.610. The van der Waals surface area contributed by atoms with Crippen molar-refractivity contribution in [3.05, 3.63) is 16.7 Å². The molecule has 1 aromatic rings. The highest BCUT2D eigenvalue weighted by molar-refractivity contribution is 6.29. The summed E-state index contributed by atoms with van der Waals surface area (Å²) >= 11 is 5.45.